The van der Waals surface area contributed by atoms with Crippen molar-refractivity contribution in [2.75, 3.05) is 18.1 Å². The van der Waals surface area contributed by atoms with E-state index in [0.717, 1.165) is 43.1 Å². The monoisotopic (exact) mass is 533 g/mol. The summed E-state index contributed by atoms with van der Waals surface area (Å²) in [5.74, 6) is -4.08. The number of nitrogens with zero attached hydrogens (tertiary/aromatic N) is 5. The highest BCUT2D eigenvalue weighted by Gasteiger charge is 2.38. The van der Waals surface area contributed by atoms with Crippen LogP contribution >= 0.6 is 11.3 Å². The van der Waals surface area contributed by atoms with Gasteiger partial charge in [0.15, 0.2) is 28.1 Å². The maximum Gasteiger partial charge on any atom is 0.278 e. The van der Waals surface area contributed by atoms with Gasteiger partial charge in [-0.1, -0.05) is 24.2 Å². The van der Waals surface area contributed by atoms with Crippen molar-refractivity contribution < 1.29 is 23.1 Å². The van der Waals surface area contributed by atoms with E-state index in [2.05, 4.69) is 10.2 Å². The molecule has 1 N–H and O–H groups in total. The molecule has 196 valence electrons. The molecular formula is C25H26F3N5O3S. The fourth-order valence-electron chi connectivity index (χ4n) is 5.19. The van der Waals surface area contributed by atoms with Crippen LogP contribution in [0.2, 0.25) is 0 Å². The number of pyridine rings is 1. The molecule has 3 heterocycles. The number of benzene rings is 1. The average molecular weight is 534 g/mol. The average Bonchev–Trinajstić information content (AvgIpc) is 3.54. The summed E-state index contributed by atoms with van der Waals surface area (Å²) in [6, 6.07) is 1.23. The van der Waals surface area contributed by atoms with Gasteiger partial charge in [0.05, 0.1) is 5.56 Å². The van der Waals surface area contributed by atoms with E-state index in [9.17, 15) is 27.9 Å². The summed E-state index contributed by atoms with van der Waals surface area (Å²) in [6.07, 6.45) is 5.45. The van der Waals surface area contributed by atoms with E-state index in [0.29, 0.717) is 25.1 Å². The van der Waals surface area contributed by atoms with Crippen LogP contribution in [0.4, 0.5) is 13.2 Å². The van der Waals surface area contributed by atoms with E-state index in [1.807, 2.05) is 18.9 Å². The molecule has 1 amide bonds. The summed E-state index contributed by atoms with van der Waals surface area (Å²) in [5.41, 5.74) is -0.932. The molecule has 1 atom stereocenters. The molecule has 1 saturated carbocycles. The number of carbonyl (C=O) groups is 1. The third-order valence-corrected chi connectivity index (χ3v) is 8.13. The summed E-state index contributed by atoms with van der Waals surface area (Å²) in [4.78, 5) is 28.0. The zero-order valence-electron chi connectivity index (χ0n) is 20.4. The molecule has 0 bridgehead atoms. The molecule has 12 heteroatoms. The Morgan fingerprint density at radius 2 is 1.78 bits per heavy atom. The number of aromatic nitrogens is 3. The van der Waals surface area contributed by atoms with Gasteiger partial charge in [-0.25, -0.2) is 13.2 Å². The molecule has 8 nitrogen and oxygen atoms in total. The minimum absolute atomic E-state index is 0.0390. The number of fused-ring (bicyclic) bond motifs is 1. The second kappa shape index (κ2) is 9.81. The SMILES string of the molecule is CCN1C(=O)c2c(O)c(=O)c(-c3nnc(Cc4cc(F)c(F)cc4F)s3)cn2N(CC2CCCC2)[C@H]1C. The molecule has 37 heavy (non-hydrogen) atoms. The molecular weight excluding hydrogens is 507 g/mol. The molecule has 0 radical (unpaired) electrons. The Morgan fingerprint density at radius 1 is 1.08 bits per heavy atom. The van der Waals surface area contributed by atoms with Crippen molar-refractivity contribution in [3.05, 3.63) is 62.3 Å². The highest BCUT2D eigenvalue weighted by molar-refractivity contribution is 7.14. The lowest BCUT2D eigenvalue weighted by Crippen LogP contribution is -2.61. The Kier molecular flexibility index (Phi) is 6.69. The number of carbonyl (C=O) groups excluding carboxylic acids is 1. The first-order valence-electron chi connectivity index (χ1n) is 12.2. The van der Waals surface area contributed by atoms with Crippen LogP contribution in [0.15, 0.2) is 23.1 Å². The fraction of sp³-hybridized carbons (Fsp3) is 0.440. The number of rotatable bonds is 6. The van der Waals surface area contributed by atoms with Crippen LogP contribution in [0.5, 0.6) is 5.75 Å². The van der Waals surface area contributed by atoms with Crippen LogP contribution in [0.25, 0.3) is 10.6 Å². The summed E-state index contributed by atoms with van der Waals surface area (Å²) < 4.78 is 42.6. The largest absolute Gasteiger partial charge is 0.502 e. The van der Waals surface area contributed by atoms with Gasteiger partial charge < -0.3 is 10.0 Å². The van der Waals surface area contributed by atoms with Gasteiger partial charge in [-0.3, -0.25) is 19.3 Å². The Morgan fingerprint density at radius 3 is 2.49 bits per heavy atom. The first-order valence-corrected chi connectivity index (χ1v) is 13.0. The summed E-state index contributed by atoms with van der Waals surface area (Å²) in [6.45, 7) is 4.82. The molecule has 2 aromatic heterocycles. The Balaban J connectivity index is 1.55. The Hall–Kier alpha value is -3.41. The zero-order chi connectivity index (χ0) is 26.4. The van der Waals surface area contributed by atoms with Crippen LogP contribution in [-0.4, -0.2) is 50.0 Å². The second-order valence-corrected chi connectivity index (χ2v) is 10.5. The fourth-order valence-corrected chi connectivity index (χ4v) is 6.06. The highest BCUT2D eigenvalue weighted by Crippen LogP contribution is 2.32. The number of hydrogen-bond donors (Lipinski definition) is 1. The quantitative estimate of drug-likeness (QED) is 0.481. The van der Waals surface area contributed by atoms with Crippen molar-refractivity contribution in [3.8, 4) is 16.3 Å². The maximum absolute atomic E-state index is 14.1. The smallest absolute Gasteiger partial charge is 0.278 e. The second-order valence-electron chi connectivity index (χ2n) is 9.44. The van der Waals surface area contributed by atoms with Crippen molar-refractivity contribution in [1.29, 1.82) is 0 Å². The molecule has 3 aromatic rings. The van der Waals surface area contributed by atoms with E-state index in [1.54, 1.807) is 9.58 Å². The van der Waals surface area contributed by atoms with E-state index in [-0.39, 0.29) is 39.4 Å². The maximum atomic E-state index is 14.1. The van der Waals surface area contributed by atoms with Crippen LogP contribution in [-0.2, 0) is 6.42 Å². The first-order chi connectivity index (χ1) is 17.7. The highest BCUT2D eigenvalue weighted by atomic mass is 32.1. The van der Waals surface area contributed by atoms with E-state index < -0.39 is 34.5 Å². The topological polar surface area (TPSA) is 91.6 Å². The third-order valence-electron chi connectivity index (χ3n) is 7.18. The molecule has 5 rings (SSSR count). The van der Waals surface area contributed by atoms with Crippen molar-refractivity contribution >= 4 is 17.2 Å². The number of halogens is 3. The van der Waals surface area contributed by atoms with Crippen molar-refractivity contribution in [2.45, 2.75) is 52.1 Å². The number of aromatic hydroxyl groups is 1. The minimum Gasteiger partial charge on any atom is -0.502 e. The number of hydrogen-bond acceptors (Lipinski definition) is 7. The van der Waals surface area contributed by atoms with Crippen molar-refractivity contribution in [1.82, 2.24) is 19.8 Å². The predicted octanol–water partition coefficient (Wildman–Crippen LogP) is 4.03. The van der Waals surface area contributed by atoms with Gasteiger partial charge >= 0.3 is 0 Å². The van der Waals surface area contributed by atoms with Crippen LogP contribution in [0, 0.1) is 23.4 Å². The zero-order valence-corrected chi connectivity index (χ0v) is 21.2. The molecule has 1 aromatic carbocycles. The molecule has 1 aliphatic carbocycles. The minimum atomic E-state index is -1.29. The molecule has 0 spiro atoms. The lowest BCUT2D eigenvalue weighted by atomic mass is 10.1. The molecule has 0 unspecified atom stereocenters. The number of amides is 1. The Labute approximate surface area is 214 Å². The van der Waals surface area contributed by atoms with Gasteiger partial charge in [-0.05, 0) is 44.2 Å². The lowest BCUT2D eigenvalue weighted by Gasteiger charge is -2.45. The predicted molar refractivity (Wildman–Crippen MR) is 132 cm³/mol. The summed E-state index contributed by atoms with van der Waals surface area (Å²) in [7, 11) is 0. The van der Waals surface area contributed by atoms with E-state index >= 15 is 0 Å². The standard InChI is InChI=1S/C25H26F3N5O3S/c1-3-31-13(2)32(11-14-6-4-5-7-14)33-12-16(22(34)23(35)21(33)25(31)36)24-30-29-20(37-24)9-15-8-18(27)19(28)10-17(15)26/h8,10,12-14,35H,3-7,9,11H2,1-2H3/t13-/m0/s1. The third kappa shape index (κ3) is 4.47. The van der Waals surface area contributed by atoms with Crippen LogP contribution < -0.4 is 10.4 Å². The van der Waals surface area contributed by atoms with Crippen LogP contribution in [0.1, 0.15) is 60.6 Å². The van der Waals surface area contributed by atoms with Gasteiger partial charge in [0, 0.05) is 31.8 Å². The molecule has 0 saturated heterocycles. The summed E-state index contributed by atoms with van der Waals surface area (Å²) in [5, 5.41) is 21.3. The summed E-state index contributed by atoms with van der Waals surface area (Å²) >= 11 is 0.971. The first kappa shape index (κ1) is 25.2. The van der Waals surface area contributed by atoms with Gasteiger partial charge in [0.2, 0.25) is 5.43 Å². The normalized spacial score (nSPS) is 18.1. The van der Waals surface area contributed by atoms with E-state index in [1.165, 1.54) is 6.20 Å². The van der Waals surface area contributed by atoms with Gasteiger partial charge in [0.1, 0.15) is 17.0 Å². The van der Waals surface area contributed by atoms with Crippen molar-refractivity contribution in [3.63, 3.8) is 0 Å². The van der Waals surface area contributed by atoms with Crippen molar-refractivity contribution in [2.24, 2.45) is 5.92 Å². The van der Waals surface area contributed by atoms with Gasteiger partial charge in [-0.15, -0.1) is 10.2 Å². The van der Waals surface area contributed by atoms with Crippen LogP contribution in [0.3, 0.4) is 0 Å². The molecule has 1 fully saturated rings. The molecule has 1 aliphatic heterocycles. The Bertz CT molecular complexity index is 1420. The lowest BCUT2D eigenvalue weighted by molar-refractivity contribution is 0.0595. The molecule has 2 aliphatic rings. The van der Waals surface area contributed by atoms with E-state index in [4.69, 9.17) is 0 Å². The van der Waals surface area contributed by atoms with Gasteiger partial charge in [-0.2, -0.15) is 0 Å². The van der Waals surface area contributed by atoms with Gasteiger partial charge in [0.25, 0.3) is 5.91 Å².